The van der Waals surface area contributed by atoms with Crippen molar-refractivity contribution in [2.75, 3.05) is 7.11 Å². The molecular weight excluding hydrogens is 324 g/mol. The first-order valence-corrected chi connectivity index (χ1v) is 9.80. The first-order chi connectivity index (χ1) is 12.2. The van der Waals surface area contributed by atoms with E-state index in [1.54, 1.807) is 0 Å². The third-order valence-corrected chi connectivity index (χ3v) is 6.33. The van der Waals surface area contributed by atoms with Gasteiger partial charge >= 0.3 is 5.97 Å². The average molecular weight is 357 g/mol. The van der Waals surface area contributed by atoms with Crippen LogP contribution in [0, 0.1) is 5.92 Å². The largest absolute Gasteiger partial charge is 0.487 e. The maximum Gasteiger partial charge on any atom is 0.333 e. The average Bonchev–Trinajstić information content (AvgIpc) is 2.59. The predicted octanol–water partition coefficient (Wildman–Crippen LogP) is 5.53. The first kappa shape index (κ1) is 19.0. The van der Waals surface area contributed by atoms with E-state index < -0.39 is 0 Å². The van der Waals surface area contributed by atoms with Crippen molar-refractivity contribution in [1.82, 2.24) is 0 Å². The van der Waals surface area contributed by atoms with Crippen LogP contribution in [0.25, 0.3) is 0 Å². The van der Waals surface area contributed by atoms with Crippen molar-refractivity contribution in [2.45, 2.75) is 77.2 Å². The molecule has 1 heterocycles. The smallest absolute Gasteiger partial charge is 0.333 e. The van der Waals surface area contributed by atoms with E-state index in [0.717, 1.165) is 37.0 Å². The van der Waals surface area contributed by atoms with E-state index in [0.29, 0.717) is 11.8 Å². The van der Waals surface area contributed by atoms with Gasteiger partial charge in [0.2, 0.25) is 0 Å². The van der Waals surface area contributed by atoms with Gasteiger partial charge in [-0.1, -0.05) is 45.4 Å². The Labute approximate surface area is 157 Å². The van der Waals surface area contributed by atoms with Crippen molar-refractivity contribution in [3.63, 3.8) is 0 Å². The molecular formula is C23H32O3. The highest BCUT2D eigenvalue weighted by Crippen LogP contribution is 2.52. The van der Waals surface area contributed by atoms with Gasteiger partial charge in [-0.3, -0.25) is 0 Å². The van der Waals surface area contributed by atoms with Crippen LogP contribution >= 0.6 is 0 Å². The molecule has 0 saturated carbocycles. The number of benzene rings is 1. The summed E-state index contributed by atoms with van der Waals surface area (Å²) in [6.07, 6.45) is 5.94. The maximum absolute atomic E-state index is 12.1. The number of carbonyl (C=O) groups is 1. The summed E-state index contributed by atoms with van der Waals surface area (Å²) in [4.78, 5) is 12.1. The molecule has 0 unspecified atom stereocenters. The van der Waals surface area contributed by atoms with Gasteiger partial charge in [0.15, 0.2) is 0 Å². The van der Waals surface area contributed by atoms with Crippen LogP contribution in [0.15, 0.2) is 29.8 Å². The van der Waals surface area contributed by atoms with Crippen LogP contribution in [0.3, 0.4) is 0 Å². The Morgan fingerprint density at radius 2 is 2.08 bits per heavy atom. The molecule has 2 atom stereocenters. The second kappa shape index (κ2) is 6.75. The number of methoxy groups -OCH3 is 1. The van der Waals surface area contributed by atoms with Crippen LogP contribution in [-0.4, -0.2) is 18.7 Å². The number of hydrogen-bond acceptors (Lipinski definition) is 3. The molecule has 3 rings (SSSR count). The minimum absolute atomic E-state index is 0.137. The molecule has 2 aliphatic rings. The monoisotopic (exact) mass is 356 g/mol. The SMILES string of the molecule is CCCC(C)(C)c1ccc2c(c1)OC(C)(C)[C@@H]1CC=C(C(=O)OC)C[C@@H]21. The molecule has 1 aromatic rings. The zero-order valence-corrected chi connectivity index (χ0v) is 17.0. The van der Waals surface area contributed by atoms with Crippen LogP contribution in [0.5, 0.6) is 5.75 Å². The number of rotatable bonds is 4. The van der Waals surface area contributed by atoms with Crippen molar-refractivity contribution < 1.29 is 14.3 Å². The van der Waals surface area contributed by atoms with Crippen molar-refractivity contribution in [3.8, 4) is 5.75 Å². The summed E-state index contributed by atoms with van der Waals surface area (Å²) in [7, 11) is 1.46. The molecule has 1 aromatic carbocycles. The summed E-state index contributed by atoms with van der Waals surface area (Å²) in [6.45, 7) is 11.2. The van der Waals surface area contributed by atoms with Crippen molar-refractivity contribution in [3.05, 3.63) is 41.0 Å². The second-order valence-electron chi connectivity index (χ2n) is 8.97. The fourth-order valence-electron chi connectivity index (χ4n) is 4.77. The highest BCUT2D eigenvalue weighted by molar-refractivity contribution is 5.88. The highest BCUT2D eigenvalue weighted by Gasteiger charge is 2.45. The summed E-state index contributed by atoms with van der Waals surface area (Å²) in [5.41, 5.74) is 3.25. The Hall–Kier alpha value is -1.77. The molecule has 0 N–H and O–H groups in total. The van der Waals surface area contributed by atoms with E-state index in [9.17, 15) is 4.79 Å². The van der Waals surface area contributed by atoms with Crippen molar-refractivity contribution in [2.24, 2.45) is 5.92 Å². The Morgan fingerprint density at radius 1 is 1.35 bits per heavy atom. The molecule has 1 aliphatic carbocycles. The molecule has 26 heavy (non-hydrogen) atoms. The van der Waals surface area contributed by atoms with Gasteiger partial charge in [0.1, 0.15) is 11.4 Å². The molecule has 0 spiro atoms. The summed E-state index contributed by atoms with van der Waals surface area (Å²) >= 11 is 0. The molecule has 1 aliphatic heterocycles. The van der Waals surface area contributed by atoms with Gasteiger partial charge in [-0.15, -0.1) is 0 Å². The lowest BCUT2D eigenvalue weighted by Crippen LogP contribution is -2.45. The number of esters is 1. The van der Waals surface area contributed by atoms with Gasteiger partial charge < -0.3 is 9.47 Å². The van der Waals surface area contributed by atoms with E-state index in [1.807, 2.05) is 6.08 Å². The van der Waals surface area contributed by atoms with Crippen LogP contribution in [0.2, 0.25) is 0 Å². The van der Waals surface area contributed by atoms with E-state index >= 15 is 0 Å². The highest BCUT2D eigenvalue weighted by atomic mass is 16.5. The molecule has 3 heteroatoms. The number of fused-ring (bicyclic) bond motifs is 3. The van der Waals surface area contributed by atoms with Gasteiger partial charge in [0, 0.05) is 11.5 Å². The number of hydrogen-bond donors (Lipinski definition) is 0. The normalized spacial score (nSPS) is 24.0. The Bertz CT molecular complexity index is 727. The third kappa shape index (κ3) is 3.28. The standard InChI is InChI=1S/C23H32O3/c1-7-12-22(2,3)16-9-10-17-18-13-15(21(24)25-6)8-11-19(18)23(4,5)26-20(17)14-16/h8-10,14,18-19H,7,11-13H2,1-6H3/t18-,19+/m0/s1. The Kier molecular flexibility index (Phi) is 4.94. The fraction of sp³-hybridized carbons (Fsp3) is 0.609. The van der Waals surface area contributed by atoms with Crippen LogP contribution in [0.4, 0.5) is 0 Å². The number of ether oxygens (including phenoxy) is 2. The quantitative estimate of drug-likeness (QED) is 0.666. The van der Waals surface area contributed by atoms with Crippen molar-refractivity contribution >= 4 is 5.97 Å². The number of allylic oxidation sites excluding steroid dienone is 1. The summed E-state index contributed by atoms with van der Waals surface area (Å²) < 4.78 is 11.4. The van der Waals surface area contributed by atoms with E-state index in [4.69, 9.17) is 9.47 Å². The van der Waals surface area contributed by atoms with Crippen LogP contribution in [0.1, 0.15) is 77.3 Å². The van der Waals surface area contributed by atoms with Crippen LogP contribution in [-0.2, 0) is 14.9 Å². The summed E-state index contributed by atoms with van der Waals surface area (Å²) in [5.74, 6) is 1.47. The van der Waals surface area contributed by atoms with Gasteiger partial charge in [0.25, 0.3) is 0 Å². The summed E-state index contributed by atoms with van der Waals surface area (Å²) in [5, 5.41) is 0. The first-order valence-electron chi connectivity index (χ1n) is 9.80. The van der Waals surface area contributed by atoms with E-state index in [2.05, 4.69) is 52.8 Å². The van der Waals surface area contributed by atoms with Crippen LogP contribution < -0.4 is 4.74 Å². The topological polar surface area (TPSA) is 35.5 Å². The molecule has 0 fully saturated rings. The lowest BCUT2D eigenvalue weighted by atomic mass is 9.66. The minimum Gasteiger partial charge on any atom is -0.487 e. The van der Waals surface area contributed by atoms with Gasteiger partial charge in [-0.2, -0.15) is 0 Å². The molecule has 0 bridgehead atoms. The zero-order chi connectivity index (χ0) is 19.1. The maximum atomic E-state index is 12.1. The molecule has 142 valence electrons. The number of carbonyl (C=O) groups excluding carboxylic acids is 1. The molecule has 0 aromatic heterocycles. The van der Waals surface area contributed by atoms with E-state index in [1.165, 1.54) is 18.2 Å². The third-order valence-electron chi connectivity index (χ3n) is 6.33. The fourth-order valence-corrected chi connectivity index (χ4v) is 4.77. The molecule has 0 amide bonds. The van der Waals surface area contributed by atoms with Gasteiger partial charge in [-0.25, -0.2) is 4.79 Å². The molecule has 0 saturated heterocycles. The lowest BCUT2D eigenvalue weighted by Gasteiger charge is -2.47. The lowest BCUT2D eigenvalue weighted by molar-refractivity contribution is -0.136. The zero-order valence-electron chi connectivity index (χ0n) is 17.0. The Morgan fingerprint density at radius 3 is 2.73 bits per heavy atom. The molecule has 0 radical (unpaired) electrons. The predicted molar refractivity (Wildman–Crippen MR) is 105 cm³/mol. The van der Waals surface area contributed by atoms with E-state index in [-0.39, 0.29) is 17.0 Å². The molecule has 3 nitrogen and oxygen atoms in total. The Balaban J connectivity index is 2.00. The minimum atomic E-state index is -0.247. The van der Waals surface area contributed by atoms with Crippen molar-refractivity contribution in [1.29, 1.82) is 0 Å². The van der Waals surface area contributed by atoms with Gasteiger partial charge in [0.05, 0.1) is 7.11 Å². The van der Waals surface area contributed by atoms with Gasteiger partial charge in [-0.05, 0) is 61.6 Å². The summed E-state index contributed by atoms with van der Waals surface area (Å²) in [6, 6.07) is 6.72. The second-order valence-corrected chi connectivity index (χ2v) is 8.97.